The number of hydrogen-bond donors (Lipinski definition) is 1. The lowest BCUT2D eigenvalue weighted by Crippen LogP contribution is -2.32. The van der Waals surface area contributed by atoms with Crippen LogP contribution < -0.4 is 10.1 Å². The van der Waals surface area contributed by atoms with Crippen LogP contribution >= 0.6 is 0 Å². The second-order valence-electron chi connectivity index (χ2n) is 5.57. The summed E-state index contributed by atoms with van der Waals surface area (Å²) in [6, 6.07) is 7.09. The summed E-state index contributed by atoms with van der Waals surface area (Å²) in [6.07, 6.45) is 1.01. The molecule has 2 nitrogen and oxygen atoms in total. The summed E-state index contributed by atoms with van der Waals surface area (Å²) in [5.41, 5.74) is 2.62. The smallest absolute Gasteiger partial charge is 0.122 e. The lowest BCUT2D eigenvalue weighted by Gasteiger charge is -2.22. The Labute approximate surface area is 112 Å². The first-order chi connectivity index (χ1) is 8.49. The molecule has 1 unspecified atom stereocenters. The molecule has 0 aromatic heterocycles. The van der Waals surface area contributed by atoms with Crippen LogP contribution in [0.5, 0.6) is 5.75 Å². The van der Waals surface area contributed by atoms with Gasteiger partial charge in [-0.1, -0.05) is 39.8 Å². The Bertz CT molecular complexity index is 371. The van der Waals surface area contributed by atoms with E-state index in [4.69, 9.17) is 4.74 Å². The fraction of sp³-hybridized carbons (Fsp3) is 0.625. The fourth-order valence-corrected chi connectivity index (χ4v) is 2.20. The normalized spacial score (nSPS) is 13.1. The Kier molecular flexibility index (Phi) is 5.67. The van der Waals surface area contributed by atoms with Gasteiger partial charge in [-0.25, -0.2) is 0 Å². The molecule has 0 saturated carbocycles. The third kappa shape index (κ3) is 3.74. The minimum absolute atomic E-state index is 0.490. The van der Waals surface area contributed by atoms with Gasteiger partial charge in [0.05, 0.1) is 7.11 Å². The lowest BCUT2D eigenvalue weighted by molar-refractivity contribution is 0.390. The summed E-state index contributed by atoms with van der Waals surface area (Å²) in [4.78, 5) is 0. The molecule has 0 fully saturated rings. The molecule has 102 valence electrons. The first-order valence-corrected chi connectivity index (χ1v) is 6.83. The second kappa shape index (κ2) is 6.79. The first-order valence-electron chi connectivity index (χ1n) is 6.83. The van der Waals surface area contributed by atoms with Crippen molar-refractivity contribution in [3.63, 3.8) is 0 Å². The molecule has 1 rings (SSSR count). The SMILES string of the molecule is CNC(Cc1ccc(C(C)C)cc1OC)C(C)C. The molecule has 0 aliphatic rings. The summed E-state index contributed by atoms with van der Waals surface area (Å²) in [7, 11) is 3.78. The van der Waals surface area contributed by atoms with E-state index in [2.05, 4.69) is 51.2 Å². The molecule has 1 N–H and O–H groups in total. The van der Waals surface area contributed by atoms with Gasteiger partial charge in [0, 0.05) is 6.04 Å². The van der Waals surface area contributed by atoms with Crippen LogP contribution in [0.2, 0.25) is 0 Å². The molecule has 18 heavy (non-hydrogen) atoms. The number of benzene rings is 1. The van der Waals surface area contributed by atoms with Gasteiger partial charge in [-0.15, -0.1) is 0 Å². The van der Waals surface area contributed by atoms with Crippen molar-refractivity contribution in [3.8, 4) is 5.75 Å². The van der Waals surface area contributed by atoms with E-state index < -0.39 is 0 Å². The van der Waals surface area contributed by atoms with Gasteiger partial charge in [0.25, 0.3) is 0 Å². The zero-order valence-corrected chi connectivity index (χ0v) is 12.6. The van der Waals surface area contributed by atoms with Crippen molar-refractivity contribution in [1.29, 1.82) is 0 Å². The molecule has 0 saturated heterocycles. The van der Waals surface area contributed by atoms with E-state index in [1.165, 1.54) is 11.1 Å². The average molecular weight is 249 g/mol. The van der Waals surface area contributed by atoms with E-state index in [0.29, 0.717) is 17.9 Å². The molecule has 0 aliphatic heterocycles. The Balaban J connectivity index is 2.95. The monoisotopic (exact) mass is 249 g/mol. The fourth-order valence-electron chi connectivity index (χ4n) is 2.20. The van der Waals surface area contributed by atoms with Crippen molar-refractivity contribution in [3.05, 3.63) is 29.3 Å². The molecule has 1 atom stereocenters. The van der Waals surface area contributed by atoms with Crippen LogP contribution in [-0.2, 0) is 6.42 Å². The standard InChI is InChI=1S/C16H27NO/c1-11(2)13-7-8-14(16(10-13)18-6)9-15(17-5)12(3)4/h7-8,10-12,15,17H,9H2,1-6H3. The van der Waals surface area contributed by atoms with E-state index in [9.17, 15) is 0 Å². The number of hydrogen-bond acceptors (Lipinski definition) is 2. The first kappa shape index (κ1) is 15.0. The van der Waals surface area contributed by atoms with E-state index in [1.807, 2.05) is 7.05 Å². The van der Waals surface area contributed by atoms with E-state index in [1.54, 1.807) is 7.11 Å². The number of nitrogens with one attached hydrogen (secondary N) is 1. The van der Waals surface area contributed by atoms with Gasteiger partial charge in [-0.3, -0.25) is 0 Å². The summed E-state index contributed by atoms with van der Waals surface area (Å²) in [6.45, 7) is 8.91. The highest BCUT2D eigenvalue weighted by molar-refractivity contribution is 5.39. The van der Waals surface area contributed by atoms with Crippen molar-refractivity contribution < 1.29 is 4.74 Å². The summed E-state index contributed by atoms with van der Waals surface area (Å²) in [5.74, 6) is 2.17. The van der Waals surface area contributed by atoms with Gasteiger partial charge in [0.15, 0.2) is 0 Å². The number of ether oxygens (including phenoxy) is 1. The van der Waals surface area contributed by atoms with Gasteiger partial charge in [-0.2, -0.15) is 0 Å². The molecule has 0 radical (unpaired) electrons. The minimum atomic E-state index is 0.490. The quantitative estimate of drug-likeness (QED) is 0.831. The van der Waals surface area contributed by atoms with Crippen molar-refractivity contribution in [2.75, 3.05) is 14.2 Å². The summed E-state index contributed by atoms with van der Waals surface area (Å²) in [5, 5.41) is 3.38. The number of methoxy groups -OCH3 is 1. The van der Waals surface area contributed by atoms with Gasteiger partial charge in [0.1, 0.15) is 5.75 Å². The maximum Gasteiger partial charge on any atom is 0.122 e. The molecular weight excluding hydrogens is 222 g/mol. The van der Waals surface area contributed by atoms with Gasteiger partial charge >= 0.3 is 0 Å². The lowest BCUT2D eigenvalue weighted by atomic mass is 9.94. The Hall–Kier alpha value is -1.02. The number of rotatable bonds is 6. The summed E-state index contributed by atoms with van der Waals surface area (Å²) < 4.78 is 5.53. The molecule has 1 aromatic rings. The molecule has 0 aliphatic carbocycles. The van der Waals surface area contributed by atoms with Crippen LogP contribution in [0.25, 0.3) is 0 Å². The molecule has 0 spiro atoms. The molecule has 1 aromatic carbocycles. The van der Waals surface area contributed by atoms with Crippen molar-refractivity contribution in [1.82, 2.24) is 5.32 Å². The molecule has 0 bridgehead atoms. The van der Waals surface area contributed by atoms with Gasteiger partial charge < -0.3 is 10.1 Å². The molecule has 0 heterocycles. The molecular formula is C16H27NO. The van der Waals surface area contributed by atoms with Crippen LogP contribution in [0.1, 0.15) is 44.7 Å². The minimum Gasteiger partial charge on any atom is -0.496 e. The zero-order valence-electron chi connectivity index (χ0n) is 12.6. The molecule has 2 heteroatoms. The van der Waals surface area contributed by atoms with Crippen LogP contribution in [0.15, 0.2) is 18.2 Å². The van der Waals surface area contributed by atoms with Crippen molar-refractivity contribution >= 4 is 0 Å². The van der Waals surface area contributed by atoms with Crippen molar-refractivity contribution in [2.24, 2.45) is 5.92 Å². The van der Waals surface area contributed by atoms with Crippen LogP contribution in [0, 0.1) is 5.92 Å². The highest BCUT2D eigenvalue weighted by atomic mass is 16.5. The Morgan fingerprint density at radius 1 is 1.17 bits per heavy atom. The van der Waals surface area contributed by atoms with Crippen molar-refractivity contribution in [2.45, 2.75) is 46.1 Å². The molecule has 0 amide bonds. The third-order valence-electron chi connectivity index (χ3n) is 3.59. The highest BCUT2D eigenvalue weighted by Gasteiger charge is 2.15. The van der Waals surface area contributed by atoms with Gasteiger partial charge in [-0.05, 0) is 42.5 Å². The Morgan fingerprint density at radius 2 is 1.83 bits per heavy atom. The zero-order chi connectivity index (χ0) is 13.7. The van der Waals surface area contributed by atoms with Crippen LogP contribution in [0.4, 0.5) is 0 Å². The Morgan fingerprint density at radius 3 is 2.28 bits per heavy atom. The number of likely N-dealkylation sites (N-methyl/N-ethyl adjacent to an activating group) is 1. The topological polar surface area (TPSA) is 21.3 Å². The third-order valence-corrected chi connectivity index (χ3v) is 3.59. The van der Waals surface area contributed by atoms with E-state index >= 15 is 0 Å². The summed E-state index contributed by atoms with van der Waals surface area (Å²) >= 11 is 0. The highest BCUT2D eigenvalue weighted by Crippen LogP contribution is 2.26. The van der Waals surface area contributed by atoms with Crippen LogP contribution in [-0.4, -0.2) is 20.2 Å². The van der Waals surface area contributed by atoms with E-state index in [-0.39, 0.29) is 0 Å². The second-order valence-corrected chi connectivity index (χ2v) is 5.57. The predicted molar refractivity (Wildman–Crippen MR) is 78.5 cm³/mol. The largest absolute Gasteiger partial charge is 0.496 e. The maximum absolute atomic E-state index is 5.53. The maximum atomic E-state index is 5.53. The predicted octanol–water partition coefficient (Wildman–Crippen LogP) is 3.61. The van der Waals surface area contributed by atoms with Gasteiger partial charge in [0.2, 0.25) is 0 Å². The average Bonchev–Trinajstić information content (AvgIpc) is 2.35. The van der Waals surface area contributed by atoms with Crippen LogP contribution in [0.3, 0.4) is 0 Å². The van der Waals surface area contributed by atoms with E-state index in [0.717, 1.165) is 12.2 Å².